The number of rotatable bonds is 7. The van der Waals surface area contributed by atoms with Crippen molar-refractivity contribution in [3.8, 4) is 0 Å². The second kappa shape index (κ2) is 7.52. The second-order valence-electron chi connectivity index (χ2n) is 5.97. The summed E-state index contributed by atoms with van der Waals surface area (Å²) in [5.74, 6) is -2.25. The van der Waals surface area contributed by atoms with Crippen molar-refractivity contribution in [2.75, 3.05) is 19.6 Å². The highest BCUT2D eigenvalue weighted by molar-refractivity contribution is 6.26. The predicted octanol–water partition coefficient (Wildman–Crippen LogP) is 3.25. The molecule has 0 saturated carbocycles. The molecule has 1 rings (SSSR count). The Bertz CT molecular complexity index is 344. The van der Waals surface area contributed by atoms with Crippen LogP contribution in [0.25, 0.3) is 0 Å². The minimum atomic E-state index is -4.12. The van der Waals surface area contributed by atoms with Crippen LogP contribution in [0.1, 0.15) is 45.4 Å². The SMILES string of the molecule is [B]C(CCCC)(CCN1CCC(C(F)(F)F)CC1)C(=O)O. The summed E-state index contributed by atoms with van der Waals surface area (Å²) in [6.45, 7) is 3.11. The maximum Gasteiger partial charge on any atom is 0.391 e. The van der Waals surface area contributed by atoms with E-state index in [2.05, 4.69) is 0 Å². The van der Waals surface area contributed by atoms with Crippen LogP contribution in [0.15, 0.2) is 0 Å². The average molecular weight is 305 g/mol. The van der Waals surface area contributed by atoms with Crippen molar-refractivity contribution in [2.45, 2.75) is 56.9 Å². The van der Waals surface area contributed by atoms with Crippen LogP contribution in [0.5, 0.6) is 0 Å². The maximum atomic E-state index is 12.6. The molecule has 0 aromatic heterocycles. The first-order valence-corrected chi connectivity index (χ1v) is 7.50. The van der Waals surface area contributed by atoms with Crippen LogP contribution >= 0.6 is 0 Å². The molecule has 0 aromatic rings. The van der Waals surface area contributed by atoms with Crippen molar-refractivity contribution in [1.29, 1.82) is 0 Å². The van der Waals surface area contributed by atoms with Crippen molar-refractivity contribution in [1.82, 2.24) is 4.90 Å². The number of piperidine rings is 1. The lowest BCUT2D eigenvalue weighted by atomic mass is 9.63. The zero-order chi connectivity index (χ0) is 16.1. The fraction of sp³-hybridized carbons (Fsp3) is 0.929. The quantitative estimate of drug-likeness (QED) is 0.734. The van der Waals surface area contributed by atoms with Crippen LogP contribution in [-0.2, 0) is 4.79 Å². The molecule has 3 nitrogen and oxygen atoms in total. The van der Waals surface area contributed by atoms with Gasteiger partial charge < -0.3 is 10.0 Å². The first-order chi connectivity index (χ1) is 9.69. The number of carboxylic acid groups (broad SMARTS) is 1. The number of likely N-dealkylation sites (tertiary alicyclic amines) is 1. The number of nitrogens with zero attached hydrogens (tertiary/aromatic N) is 1. The van der Waals surface area contributed by atoms with Gasteiger partial charge in [0, 0.05) is 5.31 Å². The first-order valence-electron chi connectivity index (χ1n) is 7.50. The number of carboxylic acids is 1. The number of unbranched alkanes of at least 4 members (excludes halogenated alkanes) is 1. The number of carbonyl (C=O) groups is 1. The lowest BCUT2D eigenvalue weighted by Gasteiger charge is -2.35. The molecule has 21 heavy (non-hydrogen) atoms. The lowest BCUT2D eigenvalue weighted by Crippen LogP contribution is -2.40. The average Bonchev–Trinajstić information content (AvgIpc) is 2.42. The largest absolute Gasteiger partial charge is 0.481 e. The van der Waals surface area contributed by atoms with Gasteiger partial charge in [0.25, 0.3) is 0 Å². The van der Waals surface area contributed by atoms with E-state index < -0.39 is 23.4 Å². The van der Waals surface area contributed by atoms with Crippen LogP contribution in [0.3, 0.4) is 0 Å². The molecule has 0 amide bonds. The molecule has 120 valence electrons. The molecule has 1 saturated heterocycles. The van der Waals surface area contributed by atoms with E-state index in [1.165, 1.54) is 0 Å². The predicted molar refractivity (Wildman–Crippen MR) is 75.4 cm³/mol. The van der Waals surface area contributed by atoms with Crippen molar-refractivity contribution < 1.29 is 23.1 Å². The molecule has 1 atom stereocenters. The molecule has 0 aromatic carbocycles. The van der Waals surface area contributed by atoms with Gasteiger partial charge in [0.15, 0.2) is 0 Å². The summed E-state index contributed by atoms with van der Waals surface area (Å²) in [6.07, 6.45) is -1.67. The van der Waals surface area contributed by atoms with E-state index in [0.29, 0.717) is 26.1 Å². The summed E-state index contributed by atoms with van der Waals surface area (Å²) in [5.41, 5.74) is 0. The van der Waals surface area contributed by atoms with Gasteiger partial charge in [-0.15, -0.1) is 0 Å². The number of halogens is 3. The Balaban J connectivity index is 2.43. The molecule has 0 bridgehead atoms. The number of hydrogen-bond acceptors (Lipinski definition) is 2. The van der Waals surface area contributed by atoms with Crippen molar-refractivity contribution in [3.63, 3.8) is 0 Å². The second-order valence-corrected chi connectivity index (χ2v) is 5.97. The van der Waals surface area contributed by atoms with Crippen LogP contribution in [0.2, 0.25) is 5.31 Å². The highest BCUT2D eigenvalue weighted by Gasteiger charge is 2.41. The number of hydrogen-bond donors (Lipinski definition) is 1. The van der Waals surface area contributed by atoms with Crippen LogP contribution in [-0.4, -0.2) is 49.6 Å². The summed E-state index contributed by atoms with van der Waals surface area (Å²) in [5, 5.41) is 7.98. The molecular formula is C14H23BF3NO2. The Labute approximate surface area is 125 Å². The van der Waals surface area contributed by atoms with E-state index in [0.717, 1.165) is 12.8 Å². The summed E-state index contributed by atoms with van der Waals surface area (Å²) in [7, 11) is 5.93. The zero-order valence-corrected chi connectivity index (χ0v) is 12.5. The van der Waals surface area contributed by atoms with Gasteiger partial charge in [-0.25, -0.2) is 0 Å². The molecule has 1 heterocycles. The van der Waals surface area contributed by atoms with Crippen LogP contribution in [0.4, 0.5) is 13.2 Å². The molecule has 2 radical (unpaired) electrons. The molecule has 1 unspecified atom stereocenters. The third-order valence-corrected chi connectivity index (χ3v) is 4.33. The van der Waals surface area contributed by atoms with Gasteiger partial charge in [-0.05, 0) is 45.3 Å². The van der Waals surface area contributed by atoms with E-state index >= 15 is 0 Å². The molecular weight excluding hydrogens is 282 g/mol. The molecule has 0 spiro atoms. The number of alkyl halides is 3. The van der Waals surface area contributed by atoms with Gasteiger partial charge in [0.05, 0.1) is 13.8 Å². The van der Waals surface area contributed by atoms with E-state index in [1.807, 2.05) is 11.8 Å². The molecule has 1 aliphatic rings. The summed E-state index contributed by atoms with van der Waals surface area (Å²) in [6, 6.07) is 0. The smallest absolute Gasteiger partial charge is 0.391 e. The van der Waals surface area contributed by atoms with Gasteiger partial charge in [0.2, 0.25) is 0 Å². The Kier molecular flexibility index (Phi) is 6.56. The van der Waals surface area contributed by atoms with Gasteiger partial charge in [-0.3, -0.25) is 4.79 Å². The highest BCUT2D eigenvalue weighted by Crippen LogP contribution is 2.36. The van der Waals surface area contributed by atoms with Gasteiger partial charge in [-0.2, -0.15) is 13.2 Å². The Morgan fingerprint density at radius 2 is 1.86 bits per heavy atom. The minimum Gasteiger partial charge on any atom is -0.481 e. The molecule has 1 N–H and O–H groups in total. The van der Waals surface area contributed by atoms with Crippen molar-refractivity contribution >= 4 is 13.8 Å². The lowest BCUT2D eigenvalue weighted by molar-refractivity contribution is -0.185. The normalized spacial score (nSPS) is 21.1. The Morgan fingerprint density at radius 3 is 2.29 bits per heavy atom. The topological polar surface area (TPSA) is 40.5 Å². The monoisotopic (exact) mass is 305 g/mol. The maximum absolute atomic E-state index is 12.6. The van der Waals surface area contributed by atoms with E-state index in [4.69, 9.17) is 7.85 Å². The van der Waals surface area contributed by atoms with Crippen LogP contribution in [0, 0.1) is 5.92 Å². The van der Waals surface area contributed by atoms with Gasteiger partial charge in [0.1, 0.15) is 0 Å². The highest BCUT2D eigenvalue weighted by atomic mass is 19.4. The van der Waals surface area contributed by atoms with Crippen LogP contribution < -0.4 is 0 Å². The molecule has 1 fully saturated rings. The van der Waals surface area contributed by atoms with E-state index in [1.54, 1.807) is 0 Å². The fourth-order valence-corrected chi connectivity index (χ4v) is 2.67. The summed E-state index contributed by atoms with van der Waals surface area (Å²) >= 11 is 0. The third-order valence-electron chi connectivity index (χ3n) is 4.33. The minimum absolute atomic E-state index is 0.0864. The summed E-state index contributed by atoms with van der Waals surface area (Å²) < 4.78 is 37.7. The fourth-order valence-electron chi connectivity index (χ4n) is 2.67. The first kappa shape index (κ1) is 18.3. The summed E-state index contributed by atoms with van der Waals surface area (Å²) in [4.78, 5) is 13.2. The third kappa shape index (κ3) is 5.53. The van der Waals surface area contributed by atoms with Gasteiger partial charge in [-0.1, -0.05) is 19.8 Å². The van der Waals surface area contributed by atoms with Crippen molar-refractivity contribution in [3.05, 3.63) is 0 Å². The standard InChI is InChI=1S/C14H23BF3NO2/c1-2-3-6-13(15,12(20)21)7-10-19-8-4-11(5-9-19)14(16,17)18/h11H,2-10H2,1H3,(H,20,21). The number of aliphatic carboxylic acids is 1. The Morgan fingerprint density at radius 1 is 1.29 bits per heavy atom. The Hall–Kier alpha value is -0.715. The molecule has 1 aliphatic heterocycles. The van der Waals surface area contributed by atoms with E-state index in [-0.39, 0.29) is 19.3 Å². The molecule has 7 heteroatoms. The van der Waals surface area contributed by atoms with Crippen molar-refractivity contribution in [2.24, 2.45) is 5.92 Å². The van der Waals surface area contributed by atoms with Gasteiger partial charge >= 0.3 is 12.1 Å². The van der Waals surface area contributed by atoms with E-state index in [9.17, 15) is 23.1 Å². The zero-order valence-electron chi connectivity index (χ0n) is 12.5. The molecule has 0 aliphatic carbocycles.